The van der Waals surface area contributed by atoms with Gasteiger partial charge >= 0.3 is 0 Å². The van der Waals surface area contributed by atoms with E-state index < -0.39 is 0 Å². The van der Waals surface area contributed by atoms with Crippen LogP contribution in [0.2, 0.25) is 0 Å². The molecule has 3 nitrogen and oxygen atoms in total. The summed E-state index contributed by atoms with van der Waals surface area (Å²) < 4.78 is 0. The van der Waals surface area contributed by atoms with Gasteiger partial charge in [0.1, 0.15) is 0 Å². The van der Waals surface area contributed by atoms with Gasteiger partial charge in [-0.2, -0.15) is 0 Å². The van der Waals surface area contributed by atoms with Crippen molar-refractivity contribution in [1.29, 1.82) is 0 Å². The molecule has 0 unspecified atom stereocenters. The van der Waals surface area contributed by atoms with E-state index in [1.54, 1.807) is 4.90 Å². The maximum absolute atomic E-state index is 12.1. The van der Waals surface area contributed by atoms with Crippen molar-refractivity contribution in [2.75, 3.05) is 13.6 Å². The average molecular weight is 284 g/mol. The largest absolute Gasteiger partial charge is 0.341 e. The lowest BCUT2D eigenvalue weighted by atomic mass is 10.1. The minimum atomic E-state index is 0.177. The molecule has 0 bridgehead atoms. The van der Waals surface area contributed by atoms with Crippen LogP contribution in [0.25, 0.3) is 10.8 Å². The Morgan fingerprint density at radius 2 is 1.86 bits per heavy atom. The molecule has 21 heavy (non-hydrogen) atoms. The first-order chi connectivity index (χ1) is 10.1. The molecule has 0 radical (unpaired) electrons. The molecule has 0 aliphatic heterocycles. The van der Waals surface area contributed by atoms with Gasteiger partial charge < -0.3 is 10.2 Å². The zero-order chi connectivity index (χ0) is 15.2. The van der Waals surface area contributed by atoms with Gasteiger partial charge in [0, 0.05) is 32.6 Å². The third-order valence-electron chi connectivity index (χ3n) is 3.55. The number of nitrogens with one attached hydrogen (secondary N) is 1. The summed E-state index contributed by atoms with van der Waals surface area (Å²) in [5, 5.41) is 5.72. The summed E-state index contributed by atoms with van der Waals surface area (Å²) in [6, 6.07) is 15.1. The molecule has 112 valence electrons. The lowest BCUT2D eigenvalue weighted by molar-refractivity contribution is -0.130. The molecule has 0 aromatic heterocycles. The second-order valence-corrected chi connectivity index (χ2v) is 5.79. The van der Waals surface area contributed by atoms with Crippen molar-refractivity contribution < 1.29 is 4.79 Å². The van der Waals surface area contributed by atoms with Crippen molar-refractivity contribution in [1.82, 2.24) is 10.2 Å². The molecule has 0 spiro atoms. The molecule has 2 aromatic rings. The lowest BCUT2D eigenvalue weighted by Gasteiger charge is -2.18. The van der Waals surface area contributed by atoms with Crippen molar-refractivity contribution in [2.45, 2.75) is 32.9 Å². The van der Waals surface area contributed by atoms with Gasteiger partial charge in [-0.15, -0.1) is 0 Å². The maximum Gasteiger partial charge on any atom is 0.223 e. The number of rotatable bonds is 6. The van der Waals surface area contributed by atoms with Crippen molar-refractivity contribution >= 4 is 16.7 Å². The van der Waals surface area contributed by atoms with Crippen LogP contribution < -0.4 is 5.32 Å². The summed E-state index contributed by atoms with van der Waals surface area (Å²) in [7, 11) is 1.87. The fourth-order valence-electron chi connectivity index (χ4n) is 2.36. The van der Waals surface area contributed by atoms with Gasteiger partial charge in [0.05, 0.1) is 0 Å². The molecule has 0 atom stereocenters. The van der Waals surface area contributed by atoms with Crippen LogP contribution in [0.1, 0.15) is 25.8 Å². The van der Waals surface area contributed by atoms with Gasteiger partial charge in [-0.1, -0.05) is 50.2 Å². The van der Waals surface area contributed by atoms with E-state index >= 15 is 0 Å². The van der Waals surface area contributed by atoms with Gasteiger partial charge in [-0.25, -0.2) is 0 Å². The molecule has 0 fully saturated rings. The molecule has 2 rings (SSSR count). The summed E-state index contributed by atoms with van der Waals surface area (Å²) in [6.07, 6.45) is 0.544. The van der Waals surface area contributed by atoms with E-state index in [2.05, 4.69) is 49.5 Å². The molecule has 2 aromatic carbocycles. The first kappa shape index (κ1) is 15.5. The average Bonchev–Trinajstić information content (AvgIpc) is 2.46. The third kappa shape index (κ3) is 4.57. The SMILES string of the molecule is CC(C)NCCC(=O)N(C)Cc1ccc2ccccc2c1. The van der Waals surface area contributed by atoms with Gasteiger partial charge in [0.2, 0.25) is 5.91 Å². The Morgan fingerprint density at radius 3 is 2.57 bits per heavy atom. The van der Waals surface area contributed by atoms with E-state index in [1.807, 2.05) is 19.2 Å². The van der Waals surface area contributed by atoms with E-state index in [0.29, 0.717) is 19.0 Å². The minimum Gasteiger partial charge on any atom is -0.341 e. The van der Waals surface area contributed by atoms with Crippen LogP contribution in [0.3, 0.4) is 0 Å². The summed E-state index contributed by atoms with van der Waals surface area (Å²) in [4.78, 5) is 13.9. The third-order valence-corrected chi connectivity index (χ3v) is 3.55. The predicted molar refractivity (Wildman–Crippen MR) is 88.2 cm³/mol. The molecule has 1 amide bonds. The Balaban J connectivity index is 1.94. The minimum absolute atomic E-state index is 0.177. The van der Waals surface area contributed by atoms with Crippen LogP contribution in [-0.2, 0) is 11.3 Å². The number of hydrogen-bond acceptors (Lipinski definition) is 2. The number of amides is 1. The number of benzene rings is 2. The molecule has 0 saturated carbocycles. The van der Waals surface area contributed by atoms with Crippen molar-refractivity contribution in [3.05, 3.63) is 48.0 Å². The standard InChI is InChI=1S/C18H24N2O/c1-14(2)19-11-10-18(21)20(3)13-15-8-9-16-6-4-5-7-17(16)12-15/h4-9,12,14,19H,10-11,13H2,1-3H3. The van der Waals surface area contributed by atoms with Gasteiger partial charge in [-0.05, 0) is 22.4 Å². The summed E-state index contributed by atoms with van der Waals surface area (Å²) in [5.41, 5.74) is 1.17. The predicted octanol–water partition coefficient (Wildman–Crippen LogP) is 3.19. The summed E-state index contributed by atoms with van der Waals surface area (Å²) >= 11 is 0. The molecular formula is C18H24N2O. The van der Waals surface area contributed by atoms with E-state index in [9.17, 15) is 4.79 Å². The highest BCUT2D eigenvalue weighted by atomic mass is 16.2. The molecule has 0 saturated heterocycles. The van der Waals surface area contributed by atoms with E-state index in [4.69, 9.17) is 0 Å². The Hall–Kier alpha value is -1.87. The Kier molecular flexibility index (Phi) is 5.34. The monoisotopic (exact) mass is 284 g/mol. The fraction of sp³-hybridized carbons (Fsp3) is 0.389. The van der Waals surface area contributed by atoms with Gasteiger partial charge in [-0.3, -0.25) is 4.79 Å². The molecule has 0 heterocycles. The molecule has 3 heteroatoms. The summed E-state index contributed by atoms with van der Waals surface area (Å²) in [6.45, 7) is 5.57. The van der Waals surface area contributed by atoms with Crippen LogP contribution in [0, 0.1) is 0 Å². The number of carbonyl (C=O) groups excluding carboxylic acids is 1. The fourth-order valence-corrected chi connectivity index (χ4v) is 2.36. The lowest BCUT2D eigenvalue weighted by Crippen LogP contribution is -2.31. The summed E-state index contributed by atoms with van der Waals surface area (Å²) in [5.74, 6) is 0.177. The Bertz CT molecular complexity index is 607. The van der Waals surface area contributed by atoms with Crippen LogP contribution in [0.4, 0.5) is 0 Å². The molecular weight excluding hydrogens is 260 g/mol. The number of nitrogens with zero attached hydrogens (tertiary/aromatic N) is 1. The van der Waals surface area contributed by atoms with Crippen molar-refractivity contribution in [2.24, 2.45) is 0 Å². The highest BCUT2D eigenvalue weighted by Crippen LogP contribution is 2.16. The van der Waals surface area contributed by atoms with Crippen LogP contribution in [0.15, 0.2) is 42.5 Å². The van der Waals surface area contributed by atoms with Gasteiger partial charge in [0.15, 0.2) is 0 Å². The Morgan fingerprint density at radius 1 is 1.14 bits per heavy atom. The topological polar surface area (TPSA) is 32.3 Å². The normalized spacial score (nSPS) is 11.0. The maximum atomic E-state index is 12.1. The van der Waals surface area contributed by atoms with Gasteiger partial charge in [0.25, 0.3) is 0 Å². The number of carbonyl (C=O) groups is 1. The van der Waals surface area contributed by atoms with Crippen LogP contribution in [0.5, 0.6) is 0 Å². The van der Waals surface area contributed by atoms with Crippen LogP contribution in [-0.4, -0.2) is 30.4 Å². The first-order valence-electron chi connectivity index (χ1n) is 7.51. The second kappa shape index (κ2) is 7.23. The quantitative estimate of drug-likeness (QED) is 0.883. The molecule has 0 aliphatic rings. The molecule has 0 aliphatic carbocycles. The van der Waals surface area contributed by atoms with Crippen LogP contribution >= 0.6 is 0 Å². The van der Waals surface area contributed by atoms with E-state index in [1.165, 1.54) is 16.3 Å². The highest BCUT2D eigenvalue weighted by molar-refractivity contribution is 5.83. The van der Waals surface area contributed by atoms with Crippen molar-refractivity contribution in [3.63, 3.8) is 0 Å². The zero-order valence-electron chi connectivity index (χ0n) is 13.1. The first-order valence-corrected chi connectivity index (χ1v) is 7.51. The molecule has 1 N–H and O–H groups in total. The van der Waals surface area contributed by atoms with Crippen molar-refractivity contribution in [3.8, 4) is 0 Å². The smallest absolute Gasteiger partial charge is 0.223 e. The number of fused-ring (bicyclic) bond motifs is 1. The second-order valence-electron chi connectivity index (χ2n) is 5.79. The highest BCUT2D eigenvalue weighted by Gasteiger charge is 2.09. The zero-order valence-corrected chi connectivity index (χ0v) is 13.1. The van der Waals surface area contributed by atoms with E-state index in [0.717, 1.165) is 6.54 Å². The Labute approximate surface area is 127 Å². The number of hydrogen-bond donors (Lipinski definition) is 1. The van der Waals surface area contributed by atoms with E-state index in [-0.39, 0.29) is 5.91 Å².